The Morgan fingerprint density at radius 1 is 1.15 bits per heavy atom. The first kappa shape index (κ1) is 16.9. The Bertz CT molecular complexity index is 410. The van der Waals surface area contributed by atoms with Gasteiger partial charge in [0.2, 0.25) is 0 Å². The van der Waals surface area contributed by atoms with Crippen LogP contribution in [0.5, 0.6) is 0 Å². The van der Waals surface area contributed by atoms with Gasteiger partial charge in [0.25, 0.3) is 0 Å². The minimum Gasteiger partial charge on any atom is -0.372 e. The second-order valence-electron chi connectivity index (χ2n) is 5.59. The Kier molecular flexibility index (Phi) is 6.40. The molecule has 4 nitrogen and oxygen atoms in total. The lowest BCUT2D eigenvalue weighted by molar-refractivity contribution is -0.00554. The number of ether oxygens (including phenoxy) is 1. The lowest BCUT2D eigenvalue weighted by Crippen LogP contribution is -2.46. The maximum absolute atomic E-state index is 5.75. The second kappa shape index (κ2) is 7.58. The summed E-state index contributed by atoms with van der Waals surface area (Å²) in [6, 6.07) is 2.15. The van der Waals surface area contributed by atoms with Crippen LogP contribution in [0.4, 0.5) is 5.82 Å². The van der Waals surface area contributed by atoms with Gasteiger partial charge in [-0.25, -0.2) is 0 Å². The Labute approximate surface area is 123 Å². The van der Waals surface area contributed by atoms with Crippen LogP contribution in [0.25, 0.3) is 0 Å². The van der Waals surface area contributed by atoms with E-state index in [0.29, 0.717) is 5.92 Å². The van der Waals surface area contributed by atoms with Gasteiger partial charge in [-0.3, -0.25) is 0 Å². The highest BCUT2D eigenvalue weighted by molar-refractivity contribution is 5.46. The molecular formula is C16H29N3O. The number of hydrogen-bond acceptors (Lipinski definition) is 4. The molecule has 2 rings (SSSR count). The SMILES string of the molecule is CC.Cc1cc(C(C)C)nnc1N1CC(C)O[C@@H](C)C1. The summed E-state index contributed by atoms with van der Waals surface area (Å²) < 4.78 is 5.75. The van der Waals surface area contributed by atoms with Crippen molar-refractivity contribution in [1.29, 1.82) is 0 Å². The predicted octanol–water partition coefficient (Wildman–Crippen LogP) is 3.55. The highest BCUT2D eigenvalue weighted by Crippen LogP contribution is 2.23. The van der Waals surface area contributed by atoms with Crippen molar-refractivity contribution in [3.63, 3.8) is 0 Å². The fourth-order valence-corrected chi connectivity index (χ4v) is 2.44. The summed E-state index contributed by atoms with van der Waals surface area (Å²) in [6.45, 7) is 16.4. The van der Waals surface area contributed by atoms with Crippen LogP contribution in [0.2, 0.25) is 0 Å². The zero-order valence-electron chi connectivity index (χ0n) is 14.0. The van der Waals surface area contributed by atoms with Crippen LogP contribution in [-0.2, 0) is 4.74 Å². The van der Waals surface area contributed by atoms with Gasteiger partial charge < -0.3 is 9.64 Å². The standard InChI is InChI=1S/C14H23N3O.C2H6/c1-9(2)13-6-10(3)14(16-15-13)17-7-11(4)18-12(5)8-17;1-2/h6,9,11-12H,7-8H2,1-5H3;1-2H3/t11-,12?;/m0./s1. The first-order chi connectivity index (χ1) is 9.47. The Morgan fingerprint density at radius 2 is 1.70 bits per heavy atom. The highest BCUT2D eigenvalue weighted by atomic mass is 16.5. The normalized spacial score (nSPS) is 22.5. The van der Waals surface area contributed by atoms with Gasteiger partial charge in [-0.05, 0) is 38.3 Å². The minimum absolute atomic E-state index is 0.250. The van der Waals surface area contributed by atoms with Gasteiger partial charge in [0.1, 0.15) is 0 Å². The van der Waals surface area contributed by atoms with Crippen LogP contribution in [0.1, 0.15) is 58.7 Å². The van der Waals surface area contributed by atoms with Gasteiger partial charge in [-0.2, -0.15) is 5.10 Å². The highest BCUT2D eigenvalue weighted by Gasteiger charge is 2.24. The van der Waals surface area contributed by atoms with E-state index in [-0.39, 0.29) is 12.2 Å². The molecule has 0 aromatic carbocycles. The molecule has 1 saturated heterocycles. The van der Waals surface area contributed by atoms with Crippen LogP contribution in [-0.4, -0.2) is 35.5 Å². The lowest BCUT2D eigenvalue weighted by atomic mass is 10.1. The Balaban J connectivity index is 0.000000956. The number of hydrogen-bond donors (Lipinski definition) is 0. The molecule has 0 bridgehead atoms. The third-order valence-electron chi connectivity index (χ3n) is 3.29. The van der Waals surface area contributed by atoms with Crippen LogP contribution in [0, 0.1) is 6.92 Å². The zero-order valence-corrected chi connectivity index (χ0v) is 14.0. The summed E-state index contributed by atoms with van der Waals surface area (Å²) in [7, 11) is 0. The van der Waals surface area contributed by atoms with Crippen molar-refractivity contribution < 1.29 is 4.74 Å². The fourth-order valence-electron chi connectivity index (χ4n) is 2.44. The molecule has 0 saturated carbocycles. The third kappa shape index (κ3) is 4.17. The number of anilines is 1. The van der Waals surface area contributed by atoms with Gasteiger partial charge >= 0.3 is 0 Å². The molecule has 1 aromatic heterocycles. The van der Waals surface area contributed by atoms with E-state index in [9.17, 15) is 0 Å². The predicted molar refractivity (Wildman–Crippen MR) is 84.4 cm³/mol. The smallest absolute Gasteiger partial charge is 0.154 e. The zero-order chi connectivity index (χ0) is 15.3. The summed E-state index contributed by atoms with van der Waals surface area (Å²) in [6.07, 6.45) is 0.499. The molecule has 1 aliphatic rings. The molecule has 1 unspecified atom stereocenters. The number of aryl methyl sites for hydroxylation is 1. The van der Waals surface area contributed by atoms with Crippen molar-refractivity contribution in [3.05, 3.63) is 17.3 Å². The first-order valence-electron chi connectivity index (χ1n) is 7.72. The maximum Gasteiger partial charge on any atom is 0.154 e. The molecule has 1 fully saturated rings. The summed E-state index contributed by atoms with van der Waals surface area (Å²) in [4.78, 5) is 2.28. The second-order valence-corrected chi connectivity index (χ2v) is 5.59. The Hall–Kier alpha value is -1.16. The van der Waals surface area contributed by atoms with Crippen LogP contribution in [0.15, 0.2) is 6.07 Å². The van der Waals surface area contributed by atoms with E-state index in [4.69, 9.17) is 4.74 Å². The number of nitrogens with zero attached hydrogens (tertiary/aromatic N) is 3. The van der Waals surface area contributed by atoms with E-state index in [1.54, 1.807) is 0 Å². The quantitative estimate of drug-likeness (QED) is 0.830. The molecule has 0 radical (unpaired) electrons. The molecule has 0 amide bonds. The topological polar surface area (TPSA) is 38.2 Å². The first-order valence-corrected chi connectivity index (χ1v) is 7.72. The third-order valence-corrected chi connectivity index (χ3v) is 3.29. The number of morpholine rings is 1. The van der Waals surface area contributed by atoms with Crippen LogP contribution in [0.3, 0.4) is 0 Å². The molecule has 0 spiro atoms. The van der Waals surface area contributed by atoms with Crippen molar-refractivity contribution in [2.24, 2.45) is 0 Å². The molecule has 4 heteroatoms. The average Bonchev–Trinajstić information content (AvgIpc) is 2.39. The van der Waals surface area contributed by atoms with Gasteiger partial charge in [0.05, 0.1) is 17.9 Å². The molecule has 2 atom stereocenters. The summed E-state index contributed by atoms with van der Waals surface area (Å²) >= 11 is 0. The lowest BCUT2D eigenvalue weighted by Gasteiger charge is -2.36. The van der Waals surface area contributed by atoms with E-state index in [0.717, 1.165) is 24.6 Å². The fraction of sp³-hybridized carbons (Fsp3) is 0.750. The molecule has 0 aliphatic carbocycles. The van der Waals surface area contributed by atoms with Crippen molar-refractivity contribution in [3.8, 4) is 0 Å². The molecule has 114 valence electrons. The number of rotatable bonds is 2. The van der Waals surface area contributed by atoms with Crippen molar-refractivity contribution >= 4 is 5.82 Å². The molecular weight excluding hydrogens is 250 g/mol. The molecule has 20 heavy (non-hydrogen) atoms. The van der Waals surface area contributed by atoms with Gasteiger partial charge in [0, 0.05) is 13.1 Å². The summed E-state index contributed by atoms with van der Waals surface area (Å²) in [5, 5.41) is 8.74. The molecule has 1 aromatic rings. The largest absolute Gasteiger partial charge is 0.372 e. The summed E-state index contributed by atoms with van der Waals surface area (Å²) in [5.74, 6) is 1.43. The van der Waals surface area contributed by atoms with Gasteiger partial charge in [-0.1, -0.05) is 27.7 Å². The minimum atomic E-state index is 0.250. The van der Waals surface area contributed by atoms with Gasteiger partial charge in [0.15, 0.2) is 5.82 Å². The molecule has 1 aliphatic heterocycles. The van der Waals surface area contributed by atoms with E-state index in [2.05, 4.69) is 55.8 Å². The molecule has 2 heterocycles. The van der Waals surface area contributed by atoms with Crippen molar-refractivity contribution in [1.82, 2.24) is 10.2 Å². The number of aromatic nitrogens is 2. The van der Waals surface area contributed by atoms with Crippen LogP contribution >= 0.6 is 0 Å². The van der Waals surface area contributed by atoms with E-state index >= 15 is 0 Å². The maximum atomic E-state index is 5.75. The summed E-state index contributed by atoms with van der Waals surface area (Å²) in [5.41, 5.74) is 2.26. The molecule has 0 N–H and O–H groups in total. The van der Waals surface area contributed by atoms with E-state index < -0.39 is 0 Å². The Morgan fingerprint density at radius 3 is 2.15 bits per heavy atom. The monoisotopic (exact) mass is 279 g/mol. The average molecular weight is 279 g/mol. The van der Waals surface area contributed by atoms with Crippen molar-refractivity contribution in [2.75, 3.05) is 18.0 Å². The van der Waals surface area contributed by atoms with Crippen molar-refractivity contribution in [2.45, 2.75) is 66.6 Å². The van der Waals surface area contributed by atoms with E-state index in [1.807, 2.05) is 13.8 Å². The van der Waals surface area contributed by atoms with Gasteiger partial charge in [-0.15, -0.1) is 5.10 Å². The van der Waals surface area contributed by atoms with Crippen LogP contribution < -0.4 is 4.90 Å². The van der Waals surface area contributed by atoms with E-state index in [1.165, 1.54) is 5.56 Å².